The maximum atomic E-state index is 11.8. The molecule has 1 fully saturated rings. The Morgan fingerprint density at radius 2 is 2.26 bits per heavy atom. The van der Waals surface area contributed by atoms with Crippen LogP contribution in [0.4, 0.5) is 4.79 Å². The van der Waals surface area contributed by atoms with E-state index in [0.717, 1.165) is 43.4 Å². The molecule has 2 N–H and O–H groups in total. The maximum Gasteiger partial charge on any atom is 0.339 e. The molecule has 2 amide bonds. The van der Waals surface area contributed by atoms with Crippen LogP contribution in [0.5, 0.6) is 0 Å². The van der Waals surface area contributed by atoms with Crippen LogP contribution in [0.1, 0.15) is 49.4 Å². The summed E-state index contributed by atoms with van der Waals surface area (Å²) in [6.45, 7) is 0. The molecular weight excluding hydrogens is 244 g/mol. The molecule has 1 unspecified atom stereocenters. The zero-order valence-electron chi connectivity index (χ0n) is 11.2. The van der Waals surface area contributed by atoms with Crippen LogP contribution < -0.4 is 10.8 Å². The van der Waals surface area contributed by atoms with Gasteiger partial charge in [0.2, 0.25) is 0 Å². The summed E-state index contributed by atoms with van der Waals surface area (Å²) in [5.41, 5.74) is 4.72. The molecule has 3 rings (SSSR count). The van der Waals surface area contributed by atoms with Gasteiger partial charge in [0.15, 0.2) is 0 Å². The van der Waals surface area contributed by atoms with Crippen molar-refractivity contribution in [2.45, 2.75) is 50.7 Å². The van der Waals surface area contributed by atoms with Crippen molar-refractivity contribution >= 4 is 6.03 Å². The second kappa shape index (κ2) is 5.21. The van der Waals surface area contributed by atoms with Gasteiger partial charge in [-0.1, -0.05) is 0 Å². The molecule has 104 valence electrons. The number of aromatic nitrogens is 2. The van der Waals surface area contributed by atoms with Gasteiger partial charge in [-0.15, -0.1) is 0 Å². The van der Waals surface area contributed by atoms with E-state index >= 15 is 0 Å². The summed E-state index contributed by atoms with van der Waals surface area (Å²) < 4.78 is 1.81. The largest absolute Gasteiger partial charge is 0.339 e. The number of hydroxylamine groups is 1. The molecule has 19 heavy (non-hydrogen) atoms. The Balaban J connectivity index is 1.55. The lowest BCUT2D eigenvalue weighted by Crippen LogP contribution is -2.41. The minimum atomic E-state index is -0.256. The first-order valence-electron chi connectivity index (χ1n) is 6.97. The number of nitrogens with one attached hydrogen (secondary N) is 2. The standard InChI is InChI=1S/C13H20N4O2/c1-17-8-10-11(6-3-7-12(10)15-17)14-13(18)16-19-9-4-2-5-9/h8-9,11H,2-7H2,1H3,(H2,14,16,18). The highest BCUT2D eigenvalue weighted by molar-refractivity contribution is 5.73. The van der Waals surface area contributed by atoms with E-state index < -0.39 is 0 Å². The van der Waals surface area contributed by atoms with Crippen LogP contribution in [-0.2, 0) is 18.3 Å². The molecule has 0 saturated heterocycles. The van der Waals surface area contributed by atoms with Crippen molar-refractivity contribution < 1.29 is 9.63 Å². The van der Waals surface area contributed by atoms with Crippen molar-refractivity contribution in [1.29, 1.82) is 0 Å². The molecule has 6 nitrogen and oxygen atoms in total. The number of urea groups is 1. The van der Waals surface area contributed by atoms with Crippen LogP contribution in [0.2, 0.25) is 0 Å². The van der Waals surface area contributed by atoms with Gasteiger partial charge in [0.05, 0.1) is 17.8 Å². The number of aryl methyl sites for hydroxylation is 2. The predicted molar refractivity (Wildman–Crippen MR) is 69.3 cm³/mol. The molecule has 0 radical (unpaired) electrons. The minimum absolute atomic E-state index is 0.0439. The zero-order chi connectivity index (χ0) is 13.2. The van der Waals surface area contributed by atoms with Crippen molar-refractivity contribution in [2.75, 3.05) is 0 Å². The molecule has 0 aromatic carbocycles. The van der Waals surface area contributed by atoms with Gasteiger partial charge in [0.25, 0.3) is 0 Å². The number of fused-ring (bicyclic) bond motifs is 1. The average molecular weight is 264 g/mol. The lowest BCUT2D eigenvalue weighted by atomic mass is 9.93. The van der Waals surface area contributed by atoms with Gasteiger partial charge >= 0.3 is 6.03 Å². The number of hydrogen-bond acceptors (Lipinski definition) is 3. The summed E-state index contributed by atoms with van der Waals surface area (Å²) >= 11 is 0. The van der Waals surface area contributed by atoms with E-state index in [-0.39, 0.29) is 18.2 Å². The third kappa shape index (κ3) is 2.73. The monoisotopic (exact) mass is 264 g/mol. The molecule has 0 bridgehead atoms. The van der Waals surface area contributed by atoms with Crippen molar-refractivity contribution in [3.8, 4) is 0 Å². The van der Waals surface area contributed by atoms with E-state index in [1.165, 1.54) is 6.42 Å². The minimum Gasteiger partial charge on any atom is -0.329 e. The van der Waals surface area contributed by atoms with Crippen LogP contribution in [0.25, 0.3) is 0 Å². The first-order valence-corrected chi connectivity index (χ1v) is 6.97. The number of amides is 2. The number of hydrogen-bond donors (Lipinski definition) is 2. The third-order valence-electron chi connectivity index (χ3n) is 3.90. The van der Waals surface area contributed by atoms with Crippen LogP contribution in [0.15, 0.2) is 6.20 Å². The van der Waals surface area contributed by atoms with Gasteiger partial charge in [0.1, 0.15) is 0 Å². The number of nitrogens with zero attached hydrogens (tertiary/aromatic N) is 2. The highest BCUT2D eigenvalue weighted by Crippen LogP contribution is 2.28. The van der Waals surface area contributed by atoms with Crippen molar-refractivity contribution in [3.63, 3.8) is 0 Å². The highest BCUT2D eigenvalue weighted by Gasteiger charge is 2.25. The van der Waals surface area contributed by atoms with E-state index in [1.807, 2.05) is 17.9 Å². The second-order valence-corrected chi connectivity index (χ2v) is 5.40. The Morgan fingerprint density at radius 3 is 3.00 bits per heavy atom. The Bertz CT molecular complexity index is 467. The molecule has 1 aromatic heterocycles. The topological polar surface area (TPSA) is 68.2 Å². The van der Waals surface area contributed by atoms with Gasteiger partial charge in [0, 0.05) is 18.8 Å². The van der Waals surface area contributed by atoms with Gasteiger partial charge in [-0.2, -0.15) is 5.10 Å². The Labute approximate surface area is 112 Å². The van der Waals surface area contributed by atoms with Crippen LogP contribution in [-0.4, -0.2) is 21.9 Å². The lowest BCUT2D eigenvalue weighted by molar-refractivity contribution is -0.0448. The predicted octanol–water partition coefficient (Wildman–Crippen LogP) is 1.58. The second-order valence-electron chi connectivity index (χ2n) is 5.40. The summed E-state index contributed by atoms with van der Waals surface area (Å²) in [4.78, 5) is 17.1. The number of carbonyl (C=O) groups excluding carboxylic acids is 1. The number of rotatable bonds is 3. The van der Waals surface area contributed by atoms with E-state index in [4.69, 9.17) is 4.84 Å². The molecule has 6 heteroatoms. The van der Waals surface area contributed by atoms with Crippen LogP contribution >= 0.6 is 0 Å². The maximum absolute atomic E-state index is 11.8. The smallest absolute Gasteiger partial charge is 0.329 e. The number of carbonyl (C=O) groups is 1. The molecule has 2 aliphatic carbocycles. The summed E-state index contributed by atoms with van der Waals surface area (Å²) in [7, 11) is 1.91. The molecule has 2 aliphatic rings. The van der Waals surface area contributed by atoms with Gasteiger partial charge in [-0.25, -0.2) is 10.3 Å². The fourth-order valence-corrected chi connectivity index (χ4v) is 2.63. The van der Waals surface area contributed by atoms with E-state index in [0.29, 0.717) is 0 Å². The molecule has 0 aliphatic heterocycles. The lowest BCUT2D eigenvalue weighted by Gasteiger charge is -2.26. The van der Waals surface area contributed by atoms with Gasteiger partial charge < -0.3 is 5.32 Å². The SMILES string of the molecule is Cn1cc2c(n1)CCCC2NC(=O)NOC1CCC1. The van der Waals surface area contributed by atoms with Gasteiger partial charge in [-0.05, 0) is 38.5 Å². The molecule has 1 saturated carbocycles. The average Bonchev–Trinajstić information content (AvgIpc) is 2.68. The third-order valence-corrected chi connectivity index (χ3v) is 3.90. The van der Waals surface area contributed by atoms with E-state index in [1.54, 1.807) is 0 Å². The Morgan fingerprint density at radius 1 is 1.42 bits per heavy atom. The highest BCUT2D eigenvalue weighted by atomic mass is 16.7. The fourth-order valence-electron chi connectivity index (χ4n) is 2.63. The summed E-state index contributed by atoms with van der Waals surface area (Å²) in [6.07, 6.45) is 8.46. The first-order chi connectivity index (χ1) is 9.22. The molecule has 1 heterocycles. The van der Waals surface area contributed by atoms with E-state index in [2.05, 4.69) is 15.9 Å². The summed E-state index contributed by atoms with van der Waals surface area (Å²) in [6, 6.07) is -0.212. The van der Waals surface area contributed by atoms with Crippen LogP contribution in [0, 0.1) is 0 Å². The molecule has 0 spiro atoms. The quantitative estimate of drug-likeness (QED) is 0.814. The first kappa shape index (κ1) is 12.5. The fraction of sp³-hybridized carbons (Fsp3) is 0.692. The molecule has 1 aromatic rings. The van der Waals surface area contributed by atoms with Crippen molar-refractivity contribution in [2.24, 2.45) is 7.05 Å². The van der Waals surface area contributed by atoms with Gasteiger partial charge in [-0.3, -0.25) is 9.52 Å². The van der Waals surface area contributed by atoms with E-state index in [9.17, 15) is 4.79 Å². The molecular formula is C13H20N4O2. The zero-order valence-corrected chi connectivity index (χ0v) is 11.2. The van der Waals surface area contributed by atoms with Crippen molar-refractivity contribution in [3.05, 3.63) is 17.5 Å². The summed E-state index contributed by atoms with van der Waals surface area (Å²) in [5.74, 6) is 0. The van der Waals surface area contributed by atoms with Crippen molar-refractivity contribution in [1.82, 2.24) is 20.6 Å². The Kier molecular flexibility index (Phi) is 3.42. The van der Waals surface area contributed by atoms with Crippen LogP contribution in [0.3, 0.4) is 0 Å². The Hall–Kier alpha value is -1.56. The summed E-state index contributed by atoms with van der Waals surface area (Å²) in [5, 5.41) is 7.38. The normalized spacial score (nSPS) is 22.5. The molecule has 1 atom stereocenters.